The summed E-state index contributed by atoms with van der Waals surface area (Å²) in [5.41, 5.74) is 5.65. The summed E-state index contributed by atoms with van der Waals surface area (Å²) in [6.07, 6.45) is 2.50. The largest absolute Gasteiger partial charge is 0.324 e. The third-order valence-electron chi connectivity index (χ3n) is 2.38. The fraction of sp³-hybridized carbons (Fsp3) is 0.800. The van der Waals surface area contributed by atoms with Crippen molar-refractivity contribution in [3.8, 4) is 0 Å². The molecule has 0 saturated heterocycles. The van der Waals surface area contributed by atoms with Crippen LogP contribution < -0.4 is 5.73 Å². The molecule has 0 radical (unpaired) electrons. The number of thioether (sulfide) groups is 1. The van der Waals surface area contributed by atoms with Gasteiger partial charge < -0.3 is 10.3 Å². The zero-order valence-electron chi connectivity index (χ0n) is 9.31. The van der Waals surface area contributed by atoms with Crippen LogP contribution in [0.15, 0.2) is 5.16 Å². The van der Waals surface area contributed by atoms with Crippen LogP contribution in [0.25, 0.3) is 0 Å². The van der Waals surface area contributed by atoms with Crippen molar-refractivity contribution in [2.75, 3.05) is 5.75 Å². The number of hydrogen-bond donors (Lipinski definition) is 1. The lowest BCUT2D eigenvalue weighted by Gasteiger charge is -2.08. The third-order valence-corrected chi connectivity index (χ3v) is 3.75. The molecule has 1 aromatic heterocycles. The average Bonchev–Trinajstić information content (AvgIpc) is 2.96. The van der Waals surface area contributed by atoms with Crippen molar-refractivity contribution >= 4 is 11.8 Å². The lowest BCUT2D eigenvalue weighted by Crippen LogP contribution is -2.08. The van der Waals surface area contributed by atoms with Gasteiger partial charge in [-0.25, -0.2) is 0 Å². The van der Waals surface area contributed by atoms with E-state index in [0.717, 1.165) is 16.7 Å². The highest BCUT2D eigenvalue weighted by Gasteiger charge is 2.29. The van der Waals surface area contributed by atoms with Crippen molar-refractivity contribution in [2.24, 2.45) is 11.7 Å². The van der Waals surface area contributed by atoms with E-state index in [1.165, 1.54) is 12.8 Å². The van der Waals surface area contributed by atoms with Crippen molar-refractivity contribution < 1.29 is 0 Å². The van der Waals surface area contributed by atoms with Crippen LogP contribution >= 0.6 is 11.8 Å². The summed E-state index contributed by atoms with van der Waals surface area (Å²) < 4.78 is 2.23. The highest BCUT2D eigenvalue weighted by atomic mass is 32.2. The van der Waals surface area contributed by atoms with E-state index in [4.69, 9.17) is 5.73 Å². The van der Waals surface area contributed by atoms with Crippen molar-refractivity contribution in [2.45, 2.75) is 44.4 Å². The van der Waals surface area contributed by atoms with E-state index in [2.05, 4.69) is 28.6 Å². The Kier molecular flexibility index (Phi) is 3.31. The fourth-order valence-corrected chi connectivity index (χ4v) is 2.46. The molecule has 15 heavy (non-hydrogen) atoms. The van der Waals surface area contributed by atoms with Crippen molar-refractivity contribution in [3.05, 3.63) is 5.82 Å². The molecular formula is C10H18N4S. The fourth-order valence-electron chi connectivity index (χ4n) is 1.49. The van der Waals surface area contributed by atoms with Gasteiger partial charge in [0.15, 0.2) is 5.16 Å². The second-order valence-corrected chi connectivity index (χ2v) is 5.40. The van der Waals surface area contributed by atoms with Gasteiger partial charge in [0.2, 0.25) is 0 Å². The monoisotopic (exact) mass is 226 g/mol. The molecule has 0 spiro atoms. The Morgan fingerprint density at radius 3 is 2.73 bits per heavy atom. The highest BCUT2D eigenvalue weighted by molar-refractivity contribution is 7.99. The Labute approximate surface area is 94.6 Å². The van der Waals surface area contributed by atoms with E-state index >= 15 is 0 Å². The first-order chi connectivity index (χ1) is 7.22. The molecule has 4 nitrogen and oxygen atoms in total. The van der Waals surface area contributed by atoms with Crippen LogP contribution in [-0.4, -0.2) is 20.5 Å². The van der Waals surface area contributed by atoms with Gasteiger partial charge in [-0.05, 0) is 18.8 Å². The smallest absolute Gasteiger partial charge is 0.191 e. The van der Waals surface area contributed by atoms with Gasteiger partial charge in [0, 0.05) is 11.8 Å². The maximum atomic E-state index is 5.65. The van der Waals surface area contributed by atoms with Crippen LogP contribution in [-0.2, 0) is 6.54 Å². The summed E-state index contributed by atoms with van der Waals surface area (Å²) in [7, 11) is 0. The molecule has 2 rings (SSSR count). The molecule has 0 bridgehead atoms. The molecule has 1 heterocycles. The quantitative estimate of drug-likeness (QED) is 0.778. The molecule has 1 fully saturated rings. The third kappa shape index (κ3) is 2.52. The molecule has 0 amide bonds. The van der Waals surface area contributed by atoms with E-state index in [9.17, 15) is 0 Å². The van der Waals surface area contributed by atoms with Gasteiger partial charge in [-0.2, -0.15) is 0 Å². The van der Waals surface area contributed by atoms with Gasteiger partial charge in [-0.15, -0.1) is 10.2 Å². The molecule has 0 unspecified atom stereocenters. The van der Waals surface area contributed by atoms with Gasteiger partial charge in [0.25, 0.3) is 0 Å². The molecule has 0 aromatic carbocycles. The molecule has 1 aliphatic rings. The van der Waals surface area contributed by atoms with Gasteiger partial charge in [0.05, 0.1) is 6.54 Å². The average molecular weight is 226 g/mol. The normalized spacial score (nSPS) is 16.3. The van der Waals surface area contributed by atoms with Gasteiger partial charge >= 0.3 is 0 Å². The van der Waals surface area contributed by atoms with Crippen molar-refractivity contribution in [1.82, 2.24) is 14.8 Å². The number of rotatable bonds is 5. The van der Waals surface area contributed by atoms with E-state index in [0.29, 0.717) is 18.5 Å². The molecule has 0 atom stereocenters. The van der Waals surface area contributed by atoms with E-state index in [1.807, 2.05) is 0 Å². The Morgan fingerprint density at radius 2 is 2.20 bits per heavy atom. The zero-order valence-corrected chi connectivity index (χ0v) is 10.1. The highest BCUT2D eigenvalue weighted by Crippen LogP contribution is 2.38. The number of hydrogen-bond acceptors (Lipinski definition) is 4. The molecule has 2 N–H and O–H groups in total. The zero-order chi connectivity index (χ0) is 10.8. The maximum Gasteiger partial charge on any atom is 0.191 e. The van der Waals surface area contributed by atoms with Crippen LogP contribution in [0.5, 0.6) is 0 Å². The molecule has 5 heteroatoms. The molecular weight excluding hydrogens is 208 g/mol. The van der Waals surface area contributed by atoms with Crippen LogP contribution in [0.2, 0.25) is 0 Å². The minimum absolute atomic E-state index is 0.492. The van der Waals surface area contributed by atoms with Gasteiger partial charge in [0.1, 0.15) is 5.82 Å². The molecule has 0 aliphatic heterocycles. The molecule has 84 valence electrons. The lowest BCUT2D eigenvalue weighted by atomic mass is 10.3. The van der Waals surface area contributed by atoms with Gasteiger partial charge in [-0.1, -0.05) is 25.6 Å². The van der Waals surface area contributed by atoms with E-state index in [-0.39, 0.29) is 0 Å². The Bertz CT molecular complexity index is 330. The van der Waals surface area contributed by atoms with Crippen LogP contribution in [0, 0.1) is 5.92 Å². The second kappa shape index (κ2) is 4.53. The topological polar surface area (TPSA) is 56.7 Å². The van der Waals surface area contributed by atoms with Crippen molar-refractivity contribution in [3.63, 3.8) is 0 Å². The summed E-state index contributed by atoms with van der Waals surface area (Å²) >= 11 is 1.79. The number of nitrogens with zero attached hydrogens (tertiary/aromatic N) is 3. The lowest BCUT2D eigenvalue weighted by molar-refractivity contribution is 0.624. The number of nitrogens with two attached hydrogens (primary N) is 1. The molecule has 1 saturated carbocycles. The summed E-state index contributed by atoms with van der Waals surface area (Å²) in [6, 6.07) is 0.619. The van der Waals surface area contributed by atoms with Crippen LogP contribution in [0.1, 0.15) is 38.6 Å². The second-order valence-electron chi connectivity index (χ2n) is 4.41. The summed E-state index contributed by atoms with van der Waals surface area (Å²) in [5.74, 6) is 2.71. The van der Waals surface area contributed by atoms with E-state index in [1.54, 1.807) is 11.8 Å². The maximum absolute atomic E-state index is 5.65. The predicted octanol–water partition coefficient (Wildman–Crippen LogP) is 1.82. The SMILES string of the molecule is CC(C)CSc1nnc(CN)n1C1CC1. The first-order valence-electron chi connectivity index (χ1n) is 5.49. The predicted molar refractivity (Wildman–Crippen MR) is 61.7 cm³/mol. The summed E-state index contributed by atoms with van der Waals surface area (Å²) in [5, 5.41) is 9.40. The minimum atomic E-state index is 0.492. The van der Waals surface area contributed by atoms with Gasteiger partial charge in [-0.3, -0.25) is 0 Å². The Hall–Kier alpha value is -0.550. The standard InChI is InChI=1S/C10H18N4S/c1-7(2)6-15-10-13-12-9(5-11)14(10)8-3-4-8/h7-8H,3-6,11H2,1-2H3. The van der Waals surface area contributed by atoms with Crippen molar-refractivity contribution in [1.29, 1.82) is 0 Å². The Morgan fingerprint density at radius 1 is 1.47 bits per heavy atom. The molecule has 1 aromatic rings. The number of aromatic nitrogens is 3. The summed E-state index contributed by atoms with van der Waals surface area (Å²) in [6.45, 7) is 4.93. The molecule has 1 aliphatic carbocycles. The first kappa shape index (κ1) is 11.0. The van der Waals surface area contributed by atoms with Crippen LogP contribution in [0.3, 0.4) is 0 Å². The minimum Gasteiger partial charge on any atom is -0.324 e. The van der Waals surface area contributed by atoms with Crippen LogP contribution in [0.4, 0.5) is 0 Å². The summed E-state index contributed by atoms with van der Waals surface area (Å²) in [4.78, 5) is 0. The first-order valence-corrected chi connectivity index (χ1v) is 6.47. The van der Waals surface area contributed by atoms with E-state index < -0.39 is 0 Å². The Balaban J connectivity index is 2.11.